The molecule has 3 heteroatoms. The standard InChI is InChI=1S/C18H26BrNO/c1-17(2)8-15-9-18(3,11-17)12-20(15)10-13-7-14(19)5-6-16(13)21-4/h5-7,15H,8-12H2,1-4H3/t15-,18+/m0/s1. The molecule has 1 saturated heterocycles. The van der Waals surface area contributed by atoms with Gasteiger partial charge in [0.15, 0.2) is 0 Å². The van der Waals surface area contributed by atoms with E-state index in [2.05, 4.69) is 59.8 Å². The molecule has 2 bridgehead atoms. The lowest BCUT2D eigenvalue weighted by molar-refractivity contribution is 0.126. The van der Waals surface area contributed by atoms with Gasteiger partial charge in [-0.05, 0) is 48.3 Å². The first kappa shape index (κ1) is 15.4. The summed E-state index contributed by atoms with van der Waals surface area (Å²) < 4.78 is 6.67. The second-order valence-corrected chi connectivity index (χ2v) is 8.99. The normalized spacial score (nSPS) is 31.4. The van der Waals surface area contributed by atoms with Gasteiger partial charge in [0, 0.05) is 29.2 Å². The van der Waals surface area contributed by atoms with Crippen molar-refractivity contribution in [1.29, 1.82) is 0 Å². The van der Waals surface area contributed by atoms with Crippen molar-refractivity contribution in [2.75, 3.05) is 13.7 Å². The summed E-state index contributed by atoms with van der Waals surface area (Å²) in [6, 6.07) is 7.04. The largest absolute Gasteiger partial charge is 0.496 e. The third kappa shape index (κ3) is 3.14. The Bertz CT molecular complexity index is 542. The monoisotopic (exact) mass is 351 g/mol. The van der Waals surface area contributed by atoms with Crippen molar-refractivity contribution < 1.29 is 4.74 Å². The minimum Gasteiger partial charge on any atom is -0.496 e. The highest BCUT2D eigenvalue weighted by molar-refractivity contribution is 9.10. The zero-order chi connectivity index (χ0) is 15.3. The first-order chi connectivity index (χ1) is 9.80. The van der Waals surface area contributed by atoms with Crippen LogP contribution in [0.3, 0.4) is 0 Å². The molecule has 2 nitrogen and oxygen atoms in total. The number of likely N-dealkylation sites (tertiary alicyclic amines) is 1. The zero-order valence-corrected chi connectivity index (χ0v) is 15.2. The summed E-state index contributed by atoms with van der Waals surface area (Å²) in [5, 5.41) is 0. The van der Waals surface area contributed by atoms with Crippen LogP contribution in [0.15, 0.2) is 22.7 Å². The van der Waals surface area contributed by atoms with Crippen LogP contribution in [-0.4, -0.2) is 24.6 Å². The topological polar surface area (TPSA) is 12.5 Å². The Balaban J connectivity index is 1.82. The zero-order valence-electron chi connectivity index (χ0n) is 13.6. The van der Waals surface area contributed by atoms with Gasteiger partial charge in [0.25, 0.3) is 0 Å². The van der Waals surface area contributed by atoms with Crippen LogP contribution in [0.1, 0.15) is 45.6 Å². The van der Waals surface area contributed by atoms with E-state index in [9.17, 15) is 0 Å². The number of hydrogen-bond acceptors (Lipinski definition) is 2. The lowest BCUT2D eigenvalue weighted by atomic mass is 9.65. The molecular formula is C18H26BrNO. The molecule has 0 amide bonds. The van der Waals surface area contributed by atoms with Gasteiger partial charge in [-0.3, -0.25) is 4.90 Å². The van der Waals surface area contributed by atoms with Gasteiger partial charge in [-0.2, -0.15) is 0 Å². The number of methoxy groups -OCH3 is 1. The molecule has 0 spiro atoms. The molecule has 3 rings (SSSR count). The number of ether oxygens (including phenoxy) is 1. The van der Waals surface area contributed by atoms with Crippen LogP contribution in [0.25, 0.3) is 0 Å². The number of rotatable bonds is 3. The lowest BCUT2D eigenvalue weighted by Gasteiger charge is -2.40. The van der Waals surface area contributed by atoms with Gasteiger partial charge < -0.3 is 4.74 Å². The molecule has 0 radical (unpaired) electrons. The second kappa shape index (κ2) is 5.27. The van der Waals surface area contributed by atoms with Crippen molar-refractivity contribution in [2.45, 2.75) is 52.6 Å². The van der Waals surface area contributed by atoms with Crippen LogP contribution >= 0.6 is 15.9 Å². The van der Waals surface area contributed by atoms with Crippen molar-refractivity contribution >= 4 is 15.9 Å². The first-order valence-electron chi connectivity index (χ1n) is 7.87. The van der Waals surface area contributed by atoms with Crippen molar-refractivity contribution in [3.8, 4) is 5.75 Å². The molecule has 116 valence electrons. The summed E-state index contributed by atoms with van der Waals surface area (Å²) in [5.74, 6) is 1.00. The third-order valence-corrected chi connectivity index (χ3v) is 5.63. The first-order valence-corrected chi connectivity index (χ1v) is 8.66. The summed E-state index contributed by atoms with van der Waals surface area (Å²) in [6.45, 7) is 9.55. The van der Waals surface area contributed by atoms with Crippen LogP contribution in [-0.2, 0) is 6.54 Å². The maximum Gasteiger partial charge on any atom is 0.123 e. The number of nitrogens with zero attached hydrogens (tertiary/aromatic N) is 1. The van der Waals surface area contributed by atoms with Crippen molar-refractivity contribution in [2.24, 2.45) is 10.8 Å². The molecule has 0 aromatic heterocycles. The molecule has 2 atom stereocenters. The SMILES string of the molecule is COc1ccc(Br)cc1CN1C[C@]2(C)C[C@@H]1CC(C)(C)C2. The van der Waals surface area contributed by atoms with E-state index in [-0.39, 0.29) is 0 Å². The molecule has 0 unspecified atom stereocenters. The summed E-state index contributed by atoms with van der Waals surface area (Å²) in [4.78, 5) is 2.68. The maximum absolute atomic E-state index is 5.54. The van der Waals surface area contributed by atoms with Gasteiger partial charge in [0.1, 0.15) is 5.75 Å². The predicted octanol–water partition coefficient (Wildman–Crippen LogP) is 4.86. The van der Waals surface area contributed by atoms with E-state index in [1.807, 2.05) is 0 Å². The van der Waals surface area contributed by atoms with E-state index < -0.39 is 0 Å². The van der Waals surface area contributed by atoms with Crippen LogP contribution in [0.5, 0.6) is 5.75 Å². The predicted molar refractivity (Wildman–Crippen MR) is 90.6 cm³/mol. The number of benzene rings is 1. The maximum atomic E-state index is 5.54. The Morgan fingerprint density at radius 3 is 2.76 bits per heavy atom. The van der Waals surface area contributed by atoms with E-state index in [4.69, 9.17) is 4.74 Å². The molecular weight excluding hydrogens is 326 g/mol. The highest BCUT2D eigenvalue weighted by Crippen LogP contribution is 2.52. The van der Waals surface area contributed by atoms with E-state index in [0.29, 0.717) is 10.8 Å². The summed E-state index contributed by atoms with van der Waals surface area (Å²) in [6.07, 6.45) is 4.02. The van der Waals surface area contributed by atoms with Gasteiger partial charge in [0.05, 0.1) is 7.11 Å². The van der Waals surface area contributed by atoms with Crippen LogP contribution in [0.4, 0.5) is 0 Å². The van der Waals surface area contributed by atoms with Gasteiger partial charge in [-0.1, -0.05) is 36.7 Å². The van der Waals surface area contributed by atoms with Gasteiger partial charge in [-0.15, -0.1) is 0 Å². The molecule has 21 heavy (non-hydrogen) atoms. The van der Waals surface area contributed by atoms with Crippen molar-refractivity contribution in [3.05, 3.63) is 28.2 Å². The Hall–Kier alpha value is -0.540. The Kier molecular flexibility index (Phi) is 3.86. The van der Waals surface area contributed by atoms with Gasteiger partial charge in [0.2, 0.25) is 0 Å². The van der Waals surface area contributed by atoms with Crippen molar-refractivity contribution in [1.82, 2.24) is 4.90 Å². The summed E-state index contributed by atoms with van der Waals surface area (Å²) in [5.41, 5.74) is 2.26. The fourth-order valence-electron chi connectivity index (χ4n) is 4.85. The van der Waals surface area contributed by atoms with Crippen LogP contribution in [0.2, 0.25) is 0 Å². The minimum absolute atomic E-state index is 0.480. The third-order valence-electron chi connectivity index (χ3n) is 5.14. The molecule has 1 aromatic carbocycles. The van der Waals surface area contributed by atoms with E-state index in [1.54, 1.807) is 7.11 Å². The van der Waals surface area contributed by atoms with Gasteiger partial charge in [-0.25, -0.2) is 0 Å². The average molecular weight is 352 g/mol. The number of hydrogen-bond donors (Lipinski definition) is 0. The molecule has 2 aliphatic rings. The Labute approximate surface area is 137 Å². The summed E-state index contributed by atoms with van der Waals surface area (Å²) >= 11 is 3.59. The fraction of sp³-hybridized carbons (Fsp3) is 0.667. The molecule has 1 heterocycles. The van der Waals surface area contributed by atoms with E-state index in [0.717, 1.165) is 22.8 Å². The van der Waals surface area contributed by atoms with E-state index in [1.165, 1.54) is 31.4 Å². The molecule has 1 aliphatic carbocycles. The van der Waals surface area contributed by atoms with Gasteiger partial charge >= 0.3 is 0 Å². The minimum atomic E-state index is 0.480. The lowest BCUT2D eigenvalue weighted by Crippen LogP contribution is -2.34. The van der Waals surface area contributed by atoms with E-state index >= 15 is 0 Å². The molecule has 1 aliphatic heterocycles. The molecule has 1 saturated carbocycles. The smallest absolute Gasteiger partial charge is 0.123 e. The summed E-state index contributed by atoms with van der Waals surface area (Å²) in [7, 11) is 1.76. The molecule has 0 N–H and O–H groups in total. The highest BCUT2D eigenvalue weighted by Gasteiger charge is 2.49. The highest BCUT2D eigenvalue weighted by atomic mass is 79.9. The fourth-order valence-corrected chi connectivity index (χ4v) is 5.26. The number of fused-ring (bicyclic) bond motifs is 2. The molecule has 1 aromatic rings. The average Bonchev–Trinajstić information content (AvgIpc) is 2.58. The number of halogens is 1. The van der Waals surface area contributed by atoms with Crippen LogP contribution in [0, 0.1) is 10.8 Å². The van der Waals surface area contributed by atoms with Crippen LogP contribution < -0.4 is 4.74 Å². The molecule has 2 fully saturated rings. The quantitative estimate of drug-likeness (QED) is 0.770. The Morgan fingerprint density at radius 1 is 1.29 bits per heavy atom. The second-order valence-electron chi connectivity index (χ2n) is 8.07. The van der Waals surface area contributed by atoms with Crippen molar-refractivity contribution in [3.63, 3.8) is 0 Å². The Morgan fingerprint density at radius 2 is 2.05 bits per heavy atom.